The van der Waals surface area contributed by atoms with E-state index in [0.717, 1.165) is 37.8 Å². The molecule has 7 heteroatoms. The Bertz CT molecular complexity index is 646. The molecule has 2 aliphatic rings. The molecule has 2 fully saturated rings. The van der Waals surface area contributed by atoms with E-state index in [-0.39, 0.29) is 6.04 Å². The molecule has 2 aliphatic heterocycles. The molecule has 0 bridgehead atoms. The summed E-state index contributed by atoms with van der Waals surface area (Å²) in [5.74, 6) is 4.00. The van der Waals surface area contributed by atoms with Crippen molar-refractivity contribution in [1.29, 1.82) is 0 Å². The monoisotopic (exact) mass is 404 g/mol. The Morgan fingerprint density at radius 1 is 1.00 bits per heavy atom. The molecule has 2 atom stereocenters. The maximum atomic E-state index is 5.44. The Hall–Kier alpha value is -1.63. The lowest BCUT2D eigenvalue weighted by Crippen LogP contribution is -2.40. The first-order chi connectivity index (χ1) is 13.4. The van der Waals surface area contributed by atoms with Gasteiger partial charge in [0.1, 0.15) is 11.6 Å². The third-order valence-electron chi connectivity index (χ3n) is 5.47. The highest BCUT2D eigenvalue weighted by Crippen LogP contribution is 2.29. The maximum Gasteiger partial charge on any atom is 0.232 e. The number of aromatic nitrogens is 2. The van der Waals surface area contributed by atoms with Gasteiger partial charge < -0.3 is 20.4 Å². The number of rotatable bonds is 4. The third-order valence-corrected chi connectivity index (χ3v) is 5.69. The highest BCUT2D eigenvalue weighted by Gasteiger charge is 2.24. The standard InChI is InChI=1S/C21H36N6S/c1-15(2)22-21(28)25-20-23-18(26-9-7-5-6-8-10-26)12-19(24-20)27-13-16(3)11-17(4)14-27/h12,15-17H,5-11,13-14H2,1-4H3,(H2,22,23,24,25,28)/t16-,17-/m0/s1. The van der Waals surface area contributed by atoms with Gasteiger partial charge in [0.05, 0.1) is 0 Å². The molecule has 3 heterocycles. The number of piperidine rings is 1. The lowest BCUT2D eigenvalue weighted by molar-refractivity contribution is 0.355. The molecule has 0 unspecified atom stereocenters. The fraction of sp³-hybridized carbons (Fsp3) is 0.762. The van der Waals surface area contributed by atoms with Crippen LogP contribution in [0.3, 0.4) is 0 Å². The van der Waals surface area contributed by atoms with Gasteiger partial charge in [0, 0.05) is 38.3 Å². The Kier molecular flexibility index (Phi) is 7.32. The second-order valence-corrected chi connectivity index (χ2v) is 9.32. The number of thiocarbonyl (C=S) groups is 1. The van der Waals surface area contributed by atoms with Crippen molar-refractivity contribution in [1.82, 2.24) is 15.3 Å². The quantitative estimate of drug-likeness (QED) is 0.735. The molecule has 2 N–H and O–H groups in total. The summed E-state index contributed by atoms with van der Waals surface area (Å²) < 4.78 is 0. The summed E-state index contributed by atoms with van der Waals surface area (Å²) in [5.41, 5.74) is 0. The molecule has 3 rings (SSSR count). The second kappa shape index (κ2) is 9.72. The van der Waals surface area contributed by atoms with Crippen molar-refractivity contribution in [3.8, 4) is 0 Å². The van der Waals surface area contributed by atoms with Gasteiger partial charge in [-0.2, -0.15) is 9.97 Å². The van der Waals surface area contributed by atoms with Gasteiger partial charge in [0.15, 0.2) is 5.11 Å². The molecule has 0 saturated carbocycles. The van der Waals surface area contributed by atoms with Gasteiger partial charge in [-0.1, -0.05) is 26.7 Å². The molecular weight excluding hydrogens is 368 g/mol. The summed E-state index contributed by atoms with van der Waals surface area (Å²) in [7, 11) is 0. The molecule has 1 aromatic heterocycles. The lowest BCUT2D eigenvalue weighted by Gasteiger charge is -2.36. The van der Waals surface area contributed by atoms with Gasteiger partial charge >= 0.3 is 0 Å². The summed E-state index contributed by atoms with van der Waals surface area (Å²) >= 11 is 5.44. The van der Waals surface area contributed by atoms with Gasteiger partial charge in [0.25, 0.3) is 0 Å². The van der Waals surface area contributed by atoms with Crippen LogP contribution in [0.25, 0.3) is 0 Å². The van der Waals surface area contributed by atoms with Crippen LogP contribution < -0.4 is 20.4 Å². The summed E-state index contributed by atoms with van der Waals surface area (Å²) in [4.78, 5) is 14.5. The van der Waals surface area contributed by atoms with E-state index in [1.54, 1.807) is 0 Å². The van der Waals surface area contributed by atoms with Crippen molar-refractivity contribution in [3.63, 3.8) is 0 Å². The SMILES string of the molecule is CC(C)NC(=S)Nc1nc(N2CCCCCC2)cc(N2C[C@@H](C)C[C@H](C)C2)n1. The predicted molar refractivity (Wildman–Crippen MR) is 122 cm³/mol. The number of nitrogens with zero attached hydrogens (tertiary/aromatic N) is 4. The number of anilines is 3. The molecule has 1 aromatic rings. The predicted octanol–water partition coefficient (Wildman–Crippen LogP) is 4.03. The summed E-state index contributed by atoms with van der Waals surface area (Å²) in [6.45, 7) is 13.0. The molecule has 28 heavy (non-hydrogen) atoms. The van der Waals surface area contributed by atoms with Crippen molar-refractivity contribution < 1.29 is 0 Å². The third kappa shape index (κ3) is 5.93. The minimum Gasteiger partial charge on any atom is -0.360 e. The zero-order chi connectivity index (χ0) is 20.1. The second-order valence-electron chi connectivity index (χ2n) is 8.91. The molecule has 0 aromatic carbocycles. The van der Waals surface area contributed by atoms with E-state index < -0.39 is 0 Å². The topological polar surface area (TPSA) is 56.3 Å². The van der Waals surface area contributed by atoms with Crippen molar-refractivity contribution in [2.75, 3.05) is 41.3 Å². The van der Waals surface area contributed by atoms with Crippen LogP contribution in [0.1, 0.15) is 59.8 Å². The first-order valence-corrected chi connectivity index (χ1v) is 11.3. The van der Waals surface area contributed by atoms with Crippen LogP contribution in [0.4, 0.5) is 17.6 Å². The Balaban J connectivity index is 1.87. The number of nitrogens with one attached hydrogen (secondary N) is 2. The van der Waals surface area contributed by atoms with Crippen molar-refractivity contribution >= 4 is 34.9 Å². The van der Waals surface area contributed by atoms with E-state index in [9.17, 15) is 0 Å². The summed E-state index contributed by atoms with van der Waals surface area (Å²) in [5, 5.41) is 7.02. The fourth-order valence-corrected chi connectivity index (χ4v) is 4.68. The van der Waals surface area contributed by atoms with Crippen molar-refractivity contribution in [2.45, 2.75) is 65.8 Å². The molecule has 6 nitrogen and oxygen atoms in total. The van der Waals surface area contributed by atoms with Crippen LogP contribution in [-0.4, -0.2) is 47.3 Å². The van der Waals surface area contributed by atoms with Gasteiger partial charge in [-0.3, -0.25) is 0 Å². The highest BCUT2D eigenvalue weighted by atomic mass is 32.1. The first-order valence-electron chi connectivity index (χ1n) is 10.9. The number of hydrogen-bond acceptors (Lipinski definition) is 5. The Labute approximate surface area is 175 Å². The van der Waals surface area contributed by atoms with Crippen molar-refractivity contribution in [2.24, 2.45) is 11.8 Å². The largest absolute Gasteiger partial charge is 0.360 e. The van der Waals surface area contributed by atoms with E-state index in [1.807, 2.05) is 0 Å². The van der Waals surface area contributed by atoms with Gasteiger partial charge in [-0.25, -0.2) is 0 Å². The minimum atomic E-state index is 0.275. The minimum absolute atomic E-state index is 0.275. The van der Waals surface area contributed by atoms with Crippen LogP contribution in [-0.2, 0) is 0 Å². The van der Waals surface area contributed by atoms with E-state index in [2.05, 4.69) is 54.2 Å². The highest BCUT2D eigenvalue weighted by molar-refractivity contribution is 7.80. The van der Waals surface area contributed by atoms with Crippen molar-refractivity contribution in [3.05, 3.63) is 6.07 Å². The Morgan fingerprint density at radius 3 is 2.14 bits per heavy atom. The smallest absolute Gasteiger partial charge is 0.232 e. The van der Waals surface area contributed by atoms with Gasteiger partial charge in [-0.05, 0) is 57.2 Å². The van der Waals surface area contributed by atoms with E-state index >= 15 is 0 Å². The van der Waals surface area contributed by atoms with Crippen LogP contribution >= 0.6 is 12.2 Å². The van der Waals surface area contributed by atoms with Crippen LogP contribution in [0, 0.1) is 11.8 Å². The summed E-state index contributed by atoms with van der Waals surface area (Å²) in [6.07, 6.45) is 6.36. The number of hydrogen-bond donors (Lipinski definition) is 2. The zero-order valence-electron chi connectivity index (χ0n) is 17.9. The molecule has 156 valence electrons. The molecular formula is C21H36N6S. The van der Waals surface area contributed by atoms with Crippen LogP contribution in [0.5, 0.6) is 0 Å². The lowest BCUT2D eigenvalue weighted by atomic mass is 9.92. The summed E-state index contributed by atoms with van der Waals surface area (Å²) in [6, 6.07) is 2.46. The van der Waals surface area contributed by atoms with Crippen LogP contribution in [0.2, 0.25) is 0 Å². The maximum absolute atomic E-state index is 5.44. The molecule has 0 radical (unpaired) electrons. The van der Waals surface area contributed by atoms with Gasteiger partial charge in [-0.15, -0.1) is 0 Å². The zero-order valence-corrected chi connectivity index (χ0v) is 18.7. The molecule has 0 aliphatic carbocycles. The molecule has 2 saturated heterocycles. The molecule has 0 spiro atoms. The Morgan fingerprint density at radius 2 is 1.57 bits per heavy atom. The average molecular weight is 405 g/mol. The first kappa shape index (κ1) is 21.1. The van der Waals surface area contributed by atoms with Crippen LogP contribution in [0.15, 0.2) is 6.07 Å². The fourth-order valence-electron chi connectivity index (χ4n) is 4.35. The van der Waals surface area contributed by atoms with E-state index in [1.165, 1.54) is 32.1 Å². The normalized spacial score (nSPS) is 23.5. The molecule has 0 amide bonds. The average Bonchev–Trinajstić information content (AvgIpc) is 2.89. The van der Waals surface area contributed by atoms with E-state index in [4.69, 9.17) is 22.2 Å². The van der Waals surface area contributed by atoms with E-state index in [0.29, 0.717) is 22.9 Å². The van der Waals surface area contributed by atoms with Gasteiger partial charge in [0.2, 0.25) is 5.95 Å².